The highest BCUT2D eigenvalue weighted by atomic mass is 19.4. The van der Waals surface area contributed by atoms with Gasteiger partial charge in [0.2, 0.25) is 0 Å². The first-order valence-electron chi connectivity index (χ1n) is 5.21. The molecule has 0 amide bonds. The molecule has 16 heavy (non-hydrogen) atoms. The third-order valence-electron chi connectivity index (χ3n) is 2.54. The number of halogens is 3. The van der Waals surface area contributed by atoms with Gasteiger partial charge >= 0.3 is 6.18 Å². The lowest BCUT2D eigenvalue weighted by Crippen LogP contribution is -2.47. The van der Waals surface area contributed by atoms with E-state index in [1.807, 2.05) is 0 Å². The van der Waals surface area contributed by atoms with Crippen molar-refractivity contribution in [3.63, 3.8) is 0 Å². The van der Waals surface area contributed by atoms with E-state index in [1.54, 1.807) is 0 Å². The molecule has 7 heteroatoms. The standard InChI is InChI=1S/C9H17F3N2O2/c10-9(11,12)6-16-5-8(14-13)7-2-1-3-15-4-7/h7-8,14H,1-6,13H2. The first kappa shape index (κ1) is 13.7. The molecule has 0 spiro atoms. The summed E-state index contributed by atoms with van der Waals surface area (Å²) in [4.78, 5) is 0. The molecule has 1 fully saturated rings. The normalized spacial score (nSPS) is 24.4. The van der Waals surface area contributed by atoms with Crippen LogP contribution in [0.15, 0.2) is 0 Å². The molecule has 4 nitrogen and oxygen atoms in total. The van der Waals surface area contributed by atoms with Crippen LogP contribution in [-0.2, 0) is 9.47 Å². The average molecular weight is 242 g/mol. The summed E-state index contributed by atoms with van der Waals surface area (Å²) in [5.41, 5.74) is 2.49. The van der Waals surface area contributed by atoms with Crippen LogP contribution in [0.4, 0.5) is 13.2 Å². The Balaban J connectivity index is 2.25. The third-order valence-corrected chi connectivity index (χ3v) is 2.54. The lowest BCUT2D eigenvalue weighted by atomic mass is 9.95. The van der Waals surface area contributed by atoms with Gasteiger partial charge < -0.3 is 9.47 Å². The Morgan fingerprint density at radius 1 is 1.50 bits per heavy atom. The van der Waals surface area contributed by atoms with Gasteiger partial charge in [0.05, 0.1) is 13.2 Å². The number of hydrogen-bond donors (Lipinski definition) is 2. The molecule has 0 aromatic rings. The fourth-order valence-electron chi connectivity index (χ4n) is 1.70. The molecule has 1 heterocycles. The molecule has 0 bridgehead atoms. The van der Waals surface area contributed by atoms with Crippen LogP contribution in [0.25, 0.3) is 0 Å². The predicted octanol–water partition coefficient (Wildman–Crippen LogP) is 0.824. The molecular formula is C9H17F3N2O2. The number of nitrogens with one attached hydrogen (secondary N) is 1. The van der Waals surface area contributed by atoms with Crippen LogP contribution in [0, 0.1) is 5.92 Å². The van der Waals surface area contributed by atoms with Gasteiger partial charge in [-0.2, -0.15) is 13.2 Å². The summed E-state index contributed by atoms with van der Waals surface area (Å²) in [6.45, 7) is -0.0652. The Labute approximate surface area is 92.2 Å². The summed E-state index contributed by atoms with van der Waals surface area (Å²) in [6, 6.07) is -0.289. The summed E-state index contributed by atoms with van der Waals surface area (Å²) in [5, 5.41) is 0. The Morgan fingerprint density at radius 3 is 2.75 bits per heavy atom. The van der Waals surface area contributed by atoms with Crippen molar-refractivity contribution in [3.8, 4) is 0 Å². The largest absolute Gasteiger partial charge is 0.411 e. The van der Waals surface area contributed by atoms with Crippen LogP contribution in [0.5, 0.6) is 0 Å². The van der Waals surface area contributed by atoms with Crippen LogP contribution in [-0.4, -0.2) is 38.6 Å². The maximum absolute atomic E-state index is 11.9. The van der Waals surface area contributed by atoms with E-state index in [-0.39, 0.29) is 18.6 Å². The molecule has 1 saturated heterocycles. The van der Waals surface area contributed by atoms with E-state index in [0.717, 1.165) is 12.8 Å². The van der Waals surface area contributed by atoms with Crippen LogP contribution in [0.2, 0.25) is 0 Å². The van der Waals surface area contributed by atoms with E-state index in [0.29, 0.717) is 13.2 Å². The zero-order valence-corrected chi connectivity index (χ0v) is 8.93. The molecule has 1 rings (SSSR count). The minimum absolute atomic E-state index is 0.0516. The maximum Gasteiger partial charge on any atom is 0.411 e. The third kappa shape index (κ3) is 5.11. The highest BCUT2D eigenvalue weighted by Gasteiger charge is 2.29. The van der Waals surface area contributed by atoms with Gasteiger partial charge in [0.15, 0.2) is 0 Å². The number of hydrazine groups is 1. The Kier molecular flexibility index (Phi) is 5.47. The second-order valence-electron chi connectivity index (χ2n) is 3.88. The Morgan fingerprint density at radius 2 is 2.25 bits per heavy atom. The van der Waals surface area contributed by atoms with Gasteiger partial charge in [-0.05, 0) is 12.8 Å². The van der Waals surface area contributed by atoms with Crippen molar-refractivity contribution in [2.75, 3.05) is 26.4 Å². The molecule has 0 saturated carbocycles. The average Bonchev–Trinajstić information content (AvgIpc) is 2.24. The second-order valence-corrected chi connectivity index (χ2v) is 3.88. The van der Waals surface area contributed by atoms with E-state index in [4.69, 9.17) is 10.6 Å². The molecule has 0 radical (unpaired) electrons. The fraction of sp³-hybridized carbons (Fsp3) is 1.00. The fourth-order valence-corrected chi connectivity index (χ4v) is 1.70. The molecular weight excluding hydrogens is 225 g/mol. The molecule has 1 aliphatic heterocycles. The van der Waals surface area contributed by atoms with Gasteiger partial charge in [0, 0.05) is 18.6 Å². The SMILES string of the molecule is NNC(COCC(F)(F)F)C1CCCOC1. The highest BCUT2D eigenvalue weighted by Crippen LogP contribution is 2.19. The highest BCUT2D eigenvalue weighted by molar-refractivity contribution is 4.76. The Hall–Kier alpha value is -0.370. The molecule has 0 aromatic heterocycles. The van der Waals surface area contributed by atoms with Gasteiger partial charge in [0.25, 0.3) is 0 Å². The molecule has 96 valence electrons. The van der Waals surface area contributed by atoms with Crippen molar-refractivity contribution in [2.24, 2.45) is 11.8 Å². The van der Waals surface area contributed by atoms with Crippen molar-refractivity contribution in [1.29, 1.82) is 0 Å². The zero-order valence-electron chi connectivity index (χ0n) is 8.93. The number of nitrogens with two attached hydrogens (primary N) is 1. The smallest absolute Gasteiger partial charge is 0.381 e. The van der Waals surface area contributed by atoms with Crippen molar-refractivity contribution >= 4 is 0 Å². The summed E-state index contributed by atoms with van der Waals surface area (Å²) >= 11 is 0. The summed E-state index contributed by atoms with van der Waals surface area (Å²) < 4.78 is 45.4. The number of alkyl halides is 3. The minimum atomic E-state index is -4.29. The van der Waals surface area contributed by atoms with Crippen molar-refractivity contribution in [2.45, 2.75) is 25.1 Å². The topological polar surface area (TPSA) is 56.5 Å². The van der Waals surface area contributed by atoms with E-state index in [9.17, 15) is 13.2 Å². The Bertz CT molecular complexity index is 196. The predicted molar refractivity (Wildman–Crippen MR) is 51.5 cm³/mol. The maximum atomic E-state index is 11.9. The molecule has 3 N–H and O–H groups in total. The van der Waals surface area contributed by atoms with Crippen LogP contribution < -0.4 is 11.3 Å². The quantitative estimate of drug-likeness (QED) is 0.553. The van der Waals surface area contributed by atoms with E-state index in [1.165, 1.54) is 0 Å². The second kappa shape index (κ2) is 6.39. The summed E-state index contributed by atoms with van der Waals surface area (Å²) in [7, 11) is 0. The van der Waals surface area contributed by atoms with Gasteiger partial charge in [-0.1, -0.05) is 0 Å². The first-order chi connectivity index (χ1) is 7.53. The molecule has 2 atom stereocenters. The molecule has 0 aromatic carbocycles. The molecule has 0 aliphatic carbocycles. The van der Waals surface area contributed by atoms with Gasteiger partial charge in [0.1, 0.15) is 6.61 Å². The summed E-state index contributed by atoms with van der Waals surface area (Å²) in [6.07, 6.45) is -2.49. The molecule has 1 aliphatic rings. The monoisotopic (exact) mass is 242 g/mol. The van der Waals surface area contributed by atoms with Crippen molar-refractivity contribution < 1.29 is 22.6 Å². The molecule has 2 unspecified atom stereocenters. The lowest BCUT2D eigenvalue weighted by Gasteiger charge is -2.29. The number of rotatable bonds is 5. The van der Waals surface area contributed by atoms with E-state index < -0.39 is 12.8 Å². The summed E-state index contributed by atoms with van der Waals surface area (Å²) in [5.74, 6) is 5.40. The van der Waals surface area contributed by atoms with Gasteiger partial charge in [-0.15, -0.1) is 0 Å². The zero-order chi connectivity index (χ0) is 12.0. The van der Waals surface area contributed by atoms with Crippen molar-refractivity contribution in [3.05, 3.63) is 0 Å². The van der Waals surface area contributed by atoms with E-state index in [2.05, 4.69) is 10.2 Å². The van der Waals surface area contributed by atoms with Crippen LogP contribution in [0.3, 0.4) is 0 Å². The van der Waals surface area contributed by atoms with E-state index >= 15 is 0 Å². The lowest BCUT2D eigenvalue weighted by molar-refractivity contribution is -0.176. The van der Waals surface area contributed by atoms with Gasteiger partial charge in [-0.25, -0.2) is 0 Å². The van der Waals surface area contributed by atoms with Crippen LogP contribution in [0.1, 0.15) is 12.8 Å². The van der Waals surface area contributed by atoms with Gasteiger partial charge in [-0.3, -0.25) is 11.3 Å². The number of hydrogen-bond acceptors (Lipinski definition) is 4. The number of ether oxygens (including phenoxy) is 2. The minimum Gasteiger partial charge on any atom is -0.381 e. The van der Waals surface area contributed by atoms with Crippen LogP contribution >= 0.6 is 0 Å². The van der Waals surface area contributed by atoms with Crippen molar-refractivity contribution in [1.82, 2.24) is 5.43 Å². The first-order valence-corrected chi connectivity index (χ1v) is 5.21.